The summed E-state index contributed by atoms with van der Waals surface area (Å²) in [7, 11) is 0. The third kappa shape index (κ3) is 5.70. The van der Waals surface area contributed by atoms with Gasteiger partial charge in [0.2, 0.25) is 0 Å². The first-order chi connectivity index (χ1) is 14.6. The molecule has 3 rings (SSSR count). The highest BCUT2D eigenvalue weighted by atomic mass is 32.1. The summed E-state index contributed by atoms with van der Waals surface area (Å²) in [6, 6.07) is 18.0. The molecule has 3 aromatic rings. The van der Waals surface area contributed by atoms with Crippen LogP contribution in [-0.2, 0) is 6.42 Å². The molecule has 150 valence electrons. The molecule has 0 unspecified atom stereocenters. The van der Waals surface area contributed by atoms with Crippen molar-refractivity contribution in [3.05, 3.63) is 89.0 Å². The fourth-order valence-corrected chi connectivity index (χ4v) is 3.20. The zero-order valence-electron chi connectivity index (χ0n) is 16.7. The second-order valence-electron chi connectivity index (χ2n) is 6.97. The Morgan fingerprint density at radius 1 is 0.800 bits per heavy atom. The van der Waals surface area contributed by atoms with Crippen molar-refractivity contribution >= 4 is 23.1 Å². The van der Waals surface area contributed by atoms with Gasteiger partial charge in [0.1, 0.15) is 5.69 Å². The van der Waals surface area contributed by atoms with Crippen LogP contribution in [0, 0.1) is 23.5 Å². The van der Waals surface area contributed by atoms with E-state index in [1.807, 2.05) is 29.4 Å². The number of hydrogen-bond acceptors (Lipinski definition) is 2. The normalized spacial score (nSPS) is 10.1. The smallest absolute Gasteiger partial charge is 0.153 e. The van der Waals surface area contributed by atoms with Gasteiger partial charge < -0.3 is 0 Å². The Morgan fingerprint density at radius 2 is 1.37 bits per heavy atom. The van der Waals surface area contributed by atoms with Gasteiger partial charge in [0, 0.05) is 11.1 Å². The van der Waals surface area contributed by atoms with Crippen molar-refractivity contribution in [2.24, 2.45) is 4.99 Å². The van der Waals surface area contributed by atoms with Crippen LogP contribution in [0.3, 0.4) is 0 Å². The molecular formula is C26H21F2NS. The van der Waals surface area contributed by atoms with Gasteiger partial charge in [-0.3, -0.25) is 0 Å². The van der Waals surface area contributed by atoms with Gasteiger partial charge in [-0.15, -0.1) is 0 Å². The standard InChI is InChI=1S/C26H21F2NS/c1-2-3-4-5-19-6-8-20(9-7-19)10-11-21-12-14-22(15-13-21)23-16-24(27)26(29-18-30)25(28)17-23/h6-9,12-17H,2-5H2,1H3. The molecule has 0 amide bonds. The van der Waals surface area contributed by atoms with Crippen LogP contribution in [0.4, 0.5) is 14.5 Å². The monoisotopic (exact) mass is 417 g/mol. The molecule has 0 saturated carbocycles. The first kappa shape index (κ1) is 21.6. The quantitative estimate of drug-likeness (QED) is 0.175. The summed E-state index contributed by atoms with van der Waals surface area (Å²) in [6.07, 6.45) is 4.79. The molecule has 3 aromatic carbocycles. The molecule has 0 aliphatic heterocycles. The molecule has 0 spiro atoms. The molecule has 0 atom stereocenters. The predicted octanol–water partition coefficient (Wildman–Crippen LogP) is 7.50. The fourth-order valence-electron chi connectivity index (χ4n) is 3.11. The van der Waals surface area contributed by atoms with Crippen LogP contribution in [0.1, 0.15) is 42.9 Å². The van der Waals surface area contributed by atoms with Crippen LogP contribution in [-0.4, -0.2) is 5.16 Å². The van der Waals surface area contributed by atoms with Gasteiger partial charge in [-0.25, -0.2) is 8.78 Å². The highest BCUT2D eigenvalue weighted by Crippen LogP contribution is 2.29. The molecule has 0 fully saturated rings. The zero-order valence-corrected chi connectivity index (χ0v) is 17.5. The maximum absolute atomic E-state index is 14.0. The van der Waals surface area contributed by atoms with Crippen molar-refractivity contribution in [3.63, 3.8) is 0 Å². The Labute approximate surface area is 181 Å². The van der Waals surface area contributed by atoms with Crippen molar-refractivity contribution in [1.82, 2.24) is 0 Å². The Bertz CT molecular complexity index is 1090. The van der Waals surface area contributed by atoms with E-state index in [0.717, 1.165) is 17.5 Å². The summed E-state index contributed by atoms with van der Waals surface area (Å²) in [6.45, 7) is 2.20. The lowest BCUT2D eigenvalue weighted by Gasteiger charge is -2.05. The van der Waals surface area contributed by atoms with Crippen LogP contribution in [0.25, 0.3) is 11.1 Å². The summed E-state index contributed by atoms with van der Waals surface area (Å²) in [5.41, 5.74) is 3.80. The van der Waals surface area contributed by atoms with Gasteiger partial charge in [-0.05, 0) is 78.1 Å². The SMILES string of the molecule is CCCCCc1ccc(C#Cc2ccc(-c3cc(F)c(N=C=S)c(F)c3)cc2)cc1. The first-order valence-electron chi connectivity index (χ1n) is 9.89. The van der Waals surface area contributed by atoms with Crippen LogP contribution in [0.15, 0.2) is 65.7 Å². The van der Waals surface area contributed by atoms with Crippen molar-refractivity contribution in [1.29, 1.82) is 0 Å². The molecule has 0 aliphatic rings. The summed E-state index contributed by atoms with van der Waals surface area (Å²) < 4.78 is 28.1. The number of benzene rings is 3. The van der Waals surface area contributed by atoms with Crippen LogP contribution in [0.5, 0.6) is 0 Å². The van der Waals surface area contributed by atoms with Crippen molar-refractivity contribution in [3.8, 4) is 23.0 Å². The number of aryl methyl sites for hydroxylation is 1. The van der Waals surface area contributed by atoms with Crippen molar-refractivity contribution in [2.75, 3.05) is 0 Å². The summed E-state index contributed by atoms with van der Waals surface area (Å²) in [5, 5.41) is 1.99. The second-order valence-corrected chi connectivity index (χ2v) is 7.16. The van der Waals surface area contributed by atoms with Gasteiger partial charge in [0.25, 0.3) is 0 Å². The minimum atomic E-state index is -0.774. The lowest BCUT2D eigenvalue weighted by molar-refractivity contribution is 0.588. The number of halogens is 2. The average Bonchev–Trinajstić information content (AvgIpc) is 2.76. The number of aliphatic imine (C=N–C) groups is 1. The number of unbranched alkanes of at least 4 members (excludes halogenated alkanes) is 2. The summed E-state index contributed by atoms with van der Waals surface area (Å²) in [5.74, 6) is 4.73. The lowest BCUT2D eigenvalue weighted by atomic mass is 10.0. The molecule has 0 N–H and O–H groups in total. The first-order valence-corrected chi connectivity index (χ1v) is 10.3. The van der Waals surface area contributed by atoms with Crippen molar-refractivity contribution < 1.29 is 8.78 Å². The highest BCUT2D eigenvalue weighted by Gasteiger charge is 2.11. The van der Waals surface area contributed by atoms with Crippen LogP contribution >= 0.6 is 12.2 Å². The van der Waals surface area contributed by atoms with Crippen LogP contribution < -0.4 is 0 Å². The van der Waals surface area contributed by atoms with E-state index < -0.39 is 17.3 Å². The predicted molar refractivity (Wildman–Crippen MR) is 122 cm³/mol. The number of thiocarbonyl (C=S) groups is 1. The van der Waals surface area contributed by atoms with E-state index in [9.17, 15) is 8.78 Å². The van der Waals surface area contributed by atoms with E-state index in [2.05, 4.69) is 48.1 Å². The molecule has 0 heterocycles. The van der Waals surface area contributed by atoms with Gasteiger partial charge in [0.15, 0.2) is 11.6 Å². The van der Waals surface area contributed by atoms with E-state index in [1.165, 1.54) is 37.0 Å². The minimum absolute atomic E-state index is 0.423. The van der Waals surface area contributed by atoms with Gasteiger partial charge in [-0.2, -0.15) is 4.99 Å². The Balaban J connectivity index is 1.72. The molecule has 0 bridgehead atoms. The second kappa shape index (κ2) is 10.6. The number of isothiocyanates is 1. The third-order valence-corrected chi connectivity index (χ3v) is 4.86. The summed E-state index contributed by atoms with van der Waals surface area (Å²) >= 11 is 4.42. The Morgan fingerprint density at radius 3 is 1.90 bits per heavy atom. The minimum Gasteiger partial charge on any atom is -0.204 e. The lowest BCUT2D eigenvalue weighted by Crippen LogP contribution is -1.87. The molecule has 30 heavy (non-hydrogen) atoms. The average molecular weight is 418 g/mol. The highest BCUT2D eigenvalue weighted by molar-refractivity contribution is 7.78. The van der Waals surface area contributed by atoms with Gasteiger partial charge in [0.05, 0.1) is 5.16 Å². The molecular weight excluding hydrogens is 396 g/mol. The molecule has 0 radical (unpaired) electrons. The molecule has 0 aliphatic carbocycles. The van der Waals surface area contributed by atoms with E-state index in [4.69, 9.17) is 0 Å². The molecule has 1 nitrogen and oxygen atoms in total. The van der Waals surface area contributed by atoms with Crippen molar-refractivity contribution in [2.45, 2.75) is 32.6 Å². The Kier molecular flexibility index (Phi) is 7.63. The number of hydrogen-bond donors (Lipinski definition) is 0. The number of rotatable bonds is 6. The molecule has 4 heteroatoms. The fraction of sp³-hybridized carbons (Fsp3) is 0.192. The largest absolute Gasteiger partial charge is 0.204 e. The Hall–Kier alpha value is -3.12. The molecule has 0 aromatic heterocycles. The third-order valence-electron chi connectivity index (χ3n) is 4.77. The number of nitrogens with zero attached hydrogens (tertiary/aromatic N) is 1. The van der Waals surface area contributed by atoms with E-state index in [0.29, 0.717) is 11.1 Å². The van der Waals surface area contributed by atoms with Crippen LogP contribution in [0.2, 0.25) is 0 Å². The zero-order chi connectivity index (χ0) is 21.3. The maximum atomic E-state index is 14.0. The van der Waals surface area contributed by atoms with Gasteiger partial charge in [-0.1, -0.05) is 55.9 Å². The molecule has 0 saturated heterocycles. The van der Waals surface area contributed by atoms with E-state index >= 15 is 0 Å². The van der Waals surface area contributed by atoms with E-state index in [1.54, 1.807) is 12.1 Å². The topological polar surface area (TPSA) is 12.4 Å². The van der Waals surface area contributed by atoms with E-state index in [-0.39, 0.29) is 0 Å². The summed E-state index contributed by atoms with van der Waals surface area (Å²) in [4.78, 5) is 3.43. The maximum Gasteiger partial charge on any atom is 0.153 e. The van der Waals surface area contributed by atoms with Gasteiger partial charge >= 0.3 is 0 Å².